The Morgan fingerprint density at radius 3 is 2.65 bits per heavy atom. The summed E-state index contributed by atoms with van der Waals surface area (Å²) >= 11 is 13.1. The fraction of sp³-hybridized carbons (Fsp3) is 0.300. The Balaban J connectivity index is 1.44. The average molecular weight is 500 g/mol. The van der Waals surface area contributed by atoms with Crippen molar-refractivity contribution in [3.63, 3.8) is 0 Å². The molecule has 2 aromatic carbocycles. The van der Waals surface area contributed by atoms with E-state index in [-0.39, 0.29) is 11.5 Å². The molecule has 2 heterocycles. The molecule has 1 saturated heterocycles. The van der Waals surface area contributed by atoms with Gasteiger partial charge in [-0.25, -0.2) is 13.4 Å². The number of rotatable bonds is 6. The van der Waals surface area contributed by atoms with Gasteiger partial charge in [0.2, 0.25) is 10.0 Å². The van der Waals surface area contributed by atoms with Gasteiger partial charge in [-0.15, -0.1) is 0 Å². The molecule has 0 radical (unpaired) electrons. The van der Waals surface area contributed by atoms with E-state index in [1.54, 1.807) is 30.3 Å². The number of fused-ring (bicyclic) bond motifs is 1. The van der Waals surface area contributed by atoms with E-state index in [1.807, 2.05) is 0 Å². The number of carbonyl (C=O) groups excluding carboxylic acids is 1. The molecule has 1 aliphatic rings. The summed E-state index contributed by atoms with van der Waals surface area (Å²) in [6.45, 7) is 0.829. The topological polar surface area (TPSA) is 88.6 Å². The van der Waals surface area contributed by atoms with Crippen LogP contribution in [0, 0.1) is 0 Å². The first-order valence-electron chi connectivity index (χ1n) is 9.61. The molecule has 1 fully saturated rings. The lowest BCUT2D eigenvalue weighted by Crippen LogP contribution is -2.35. The van der Waals surface area contributed by atoms with Crippen LogP contribution in [0.3, 0.4) is 0 Å². The molecule has 7 nitrogen and oxygen atoms in total. The maximum atomic E-state index is 12.9. The number of amides is 1. The van der Waals surface area contributed by atoms with E-state index in [9.17, 15) is 13.2 Å². The first-order chi connectivity index (χ1) is 14.8. The summed E-state index contributed by atoms with van der Waals surface area (Å²) in [5, 5.41) is 3.81. The highest BCUT2D eigenvalue weighted by Crippen LogP contribution is 2.30. The van der Waals surface area contributed by atoms with Gasteiger partial charge in [0.25, 0.3) is 5.91 Å². The zero-order valence-electron chi connectivity index (χ0n) is 16.3. The van der Waals surface area contributed by atoms with Crippen LogP contribution in [0.15, 0.2) is 41.3 Å². The van der Waals surface area contributed by atoms with Gasteiger partial charge in [-0.05, 0) is 49.2 Å². The SMILES string of the molecule is O=C(COc1ccc(Cl)cc1Cl)Nc1nc2ccc(S(=O)(=O)N3CCCCC3)cc2s1. The minimum absolute atomic E-state index is 0.240. The van der Waals surface area contributed by atoms with Gasteiger partial charge in [-0.2, -0.15) is 4.31 Å². The second-order valence-corrected chi connectivity index (χ2v) is 10.8. The third-order valence-corrected chi connectivity index (χ3v) is 8.17. The van der Waals surface area contributed by atoms with Crippen molar-refractivity contribution in [3.8, 4) is 5.75 Å². The van der Waals surface area contributed by atoms with Crippen molar-refractivity contribution in [3.05, 3.63) is 46.4 Å². The molecule has 0 saturated carbocycles. The van der Waals surface area contributed by atoms with Gasteiger partial charge in [-0.1, -0.05) is 41.0 Å². The normalized spacial score (nSPS) is 15.2. The minimum Gasteiger partial charge on any atom is -0.482 e. The molecule has 1 aliphatic heterocycles. The fourth-order valence-electron chi connectivity index (χ4n) is 3.26. The number of piperidine rings is 1. The molecule has 31 heavy (non-hydrogen) atoms. The van der Waals surface area contributed by atoms with Crippen molar-refractivity contribution in [1.29, 1.82) is 0 Å². The fourth-order valence-corrected chi connectivity index (χ4v) is 6.27. The number of nitrogens with one attached hydrogen (secondary N) is 1. The third-order valence-electron chi connectivity index (χ3n) is 4.81. The lowest BCUT2D eigenvalue weighted by molar-refractivity contribution is -0.118. The summed E-state index contributed by atoms with van der Waals surface area (Å²) in [7, 11) is -3.53. The lowest BCUT2D eigenvalue weighted by Gasteiger charge is -2.25. The Morgan fingerprint density at radius 1 is 1.13 bits per heavy atom. The highest BCUT2D eigenvalue weighted by molar-refractivity contribution is 7.89. The van der Waals surface area contributed by atoms with E-state index in [4.69, 9.17) is 27.9 Å². The Hall–Kier alpha value is -1.91. The van der Waals surface area contributed by atoms with Gasteiger partial charge in [-0.3, -0.25) is 10.1 Å². The zero-order chi connectivity index (χ0) is 22.0. The molecule has 3 aromatic rings. The number of halogens is 2. The summed E-state index contributed by atoms with van der Waals surface area (Å²) in [5.74, 6) is -0.0655. The number of hydrogen-bond acceptors (Lipinski definition) is 6. The molecule has 1 aromatic heterocycles. The van der Waals surface area contributed by atoms with Gasteiger partial charge >= 0.3 is 0 Å². The number of aromatic nitrogens is 1. The average Bonchev–Trinajstić information content (AvgIpc) is 3.15. The molecular weight excluding hydrogens is 481 g/mol. The van der Waals surface area contributed by atoms with Crippen molar-refractivity contribution in [2.75, 3.05) is 25.0 Å². The van der Waals surface area contributed by atoms with Crippen LogP contribution in [-0.2, 0) is 14.8 Å². The smallest absolute Gasteiger partial charge is 0.264 e. The molecule has 164 valence electrons. The zero-order valence-corrected chi connectivity index (χ0v) is 19.5. The van der Waals surface area contributed by atoms with Crippen LogP contribution in [0.25, 0.3) is 10.2 Å². The predicted octanol–water partition coefficient (Wildman–Crippen LogP) is 4.80. The number of carbonyl (C=O) groups is 1. The first kappa shape index (κ1) is 22.3. The van der Waals surface area contributed by atoms with Gasteiger partial charge in [0, 0.05) is 18.1 Å². The van der Waals surface area contributed by atoms with Crippen LogP contribution < -0.4 is 10.1 Å². The van der Waals surface area contributed by atoms with Crippen LogP contribution in [0.2, 0.25) is 10.0 Å². The van der Waals surface area contributed by atoms with Crippen molar-refractivity contribution < 1.29 is 17.9 Å². The molecule has 4 rings (SSSR count). The first-order valence-corrected chi connectivity index (χ1v) is 12.6. The Morgan fingerprint density at radius 2 is 1.90 bits per heavy atom. The molecule has 0 spiro atoms. The van der Waals surface area contributed by atoms with Crippen LogP contribution in [0.1, 0.15) is 19.3 Å². The van der Waals surface area contributed by atoms with E-state index in [0.717, 1.165) is 19.3 Å². The highest BCUT2D eigenvalue weighted by Gasteiger charge is 2.26. The lowest BCUT2D eigenvalue weighted by atomic mass is 10.2. The second-order valence-electron chi connectivity index (χ2n) is 7.02. The Labute approximate surface area is 194 Å². The monoisotopic (exact) mass is 499 g/mol. The van der Waals surface area contributed by atoms with E-state index in [2.05, 4.69) is 10.3 Å². The van der Waals surface area contributed by atoms with Crippen LogP contribution in [0.4, 0.5) is 5.13 Å². The van der Waals surface area contributed by atoms with Gasteiger partial charge in [0.05, 0.1) is 20.1 Å². The summed E-state index contributed by atoms with van der Waals surface area (Å²) in [4.78, 5) is 16.8. The predicted molar refractivity (Wildman–Crippen MR) is 123 cm³/mol. The largest absolute Gasteiger partial charge is 0.482 e. The van der Waals surface area contributed by atoms with Crippen LogP contribution in [-0.4, -0.2) is 43.3 Å². The molecule has 11 heteroatoms. The number of hydrogen-bond donors (Lipinski definition) is 1. The maximum absolute atomic E-state index is 12.9. The van der Waals surface area contributed by atoms with E-state index in [0.29, 0.717) is 44.2 Å². The second kappa shape index (κ2) is 9.30. The molecule has 0 bridgehead atoms. The number of ether oxygens (including phenoxy) is 1. The van der Waals surface area contributed by atoms with Crippen molar-refractivity contribution >= 4 is 65.8 Å². The summed E-state index contributed by atoms with van der Waals surface area (Å²) in [6.07, 6.45) is 2.81. The molecule has 1 N–H and O–H groups in total. The molecular formula is C20H19Cl2N3O4S2. The van der Waals surface area contributed by atoms with Gasteiger partial charge in [0.1, 0.15) is 5.75 Å². The van der Waals surface area contributed by atoms with E-state index in [1.165, 1.54) is 21.7 Å². The van der Waals surface area contributed by atoms with Crippen LogP contribution in [0.5, 0.6) is 5.75 Å². The highest BCUT2D eigenvalue weighted by atomic mass is 35.5. The molecule has 0 unspecified atom stereocenters. The Kier molecular flexibility index (Phi) is 6.68. The number of thiazole rings is 1. The number of benzene rings is 2. The molecule has 0 aliphatic carbocycles. The summed E-state index contributed by atoms with van der Waals surface area (Å²) in [6, 6.07) is 9.55. The minimum atomic E-state index is -3.53. The number of sulfonamides is 1. The summed E-state index contributed by atoms with van der Waals surface area (Å²) in [5.41, 5.74) is 0.611. The Bertz CT molecular complexity index is 1220. The van der Waals surface area contributed by atoms with E-state index < -0.39 is 15.9 Å². The van der Waals surface area contributed by atoms with E-state index >= 15 is 0 Å². The standard InChI is InChI=1S/C20H19Cl2N3O4S2/c21-13-4-7-17(15(22)10-13)29-12-19(26)24-20-23-16-6-5-14(11-18(16)30-20)31(27,28)25-8-2-1-3-9-25/h4-7,10-11H,1-3,8-9,12H2,(H,23,24,26). The van der Waals surface area contributed by atoms with Gasteiger partial charge < -0.3 is 4.74 Å². The quantitative estimate of drug-likeness (QED) is 0.526. The van der Waals surface area contributed by atoms with Crippen molar-refractivity contribution in [1.82, 2.24) is 9.29 Å². The number of nitrogens with zero attached hydrogens (tertiary/aromatic N) is 2. The van der Waals surface area contributed by atoms with Crippen LogP contribution >= 0.6 is 34.5 Å². The molecule has 1 amide bonds. The maximum Gasteiger partial charge on any atom is 0.264 e. The van der Waals surface area contributed by atoms with Crippen molar-refractivity contribution in [2.24, 2.45) is 0 Å². The van der Waals surface area contributed by atoms with Crippen molar-refractivity contribution in [2.45, 2.75) is 24.2 Å². The third kappa shape index (κ3) is 5.12. The molecule has 0 atom stereocenters. The van der Waals surface area contributed by atoms with Gasteiger partial charge in [0.15, 0.2) is 11.7 Å². The number of anilines is 1. The summed E-state index contributed by atoms with van der Waals surface area (Å²) < 4.78 is 33.4.